The van der Waals surface area contributed by atoms with Crippen LogP contribution in [0.2, 0.25) is 0 Å². The molecule has 0 saturated carbocycles. The van der Waals surface area contributed by atoms with E-state index >= 15 is 0 Å². The Morgan fingerprint density at radius 2 is 1.42 bits per heavy atom. The Morgan fingerprint density at radius 3 is 2.04 bits per heavy atom. The Balaban J connectivity index is 2.39. The molecule has 3 aromatic rings. The Hall–Kier alpha value is -2.87. The van der Waals surface area contributed by atoms with Gasteiger partial charge in [0.05, 0.1) is 0 Å². The van der Waals surface area contributed by atoms with Gasteiger partial charge in [0.2, 0.25) is 0 Å². The molecule has 0 bridgehead atoms. The van der Waals surface area contributed by atoms with E-state index in [1.54, 1.807) is 19.1 Å². The smallest absolute Gasteiger partial charge is 0.160 e. The summed E-state index contributed by atoms with van der Waals surface area (Å²) >= 11 is 0. The molecule has 0 aliphatic carbocycles. The lowest BCUT2D eigenvalue weighted by molar-refractivity contribution is 0.101. The minimum atomic E-state index is -0.439. The van der Waals surface area contributed by atoms with Gasteiger partial charge < -0.3 is 5.11 Å². The predicted octanol–water partition coefficient (Wildman–Crippen LogP) is 5.73. The third-order valence-corrected chi connectivity index (χ3v) is 5.02. The van der Waals surface area contributed by atoms with Crippen molar-refractivity contribution in [3.05, 3.63) is 101 Å². The number of hydrogen-bond donors (Lipinski definition) is 1. The average molecular weight is 344 g/mol. The van der Waals surface area contributed by atoms with Crippen LogP contribution in [0.15, 0.2) is 78.9 Å². The second-order valence-electron chi connectivity index (χ2n) is 6.67. The van der Waals surface area contributed by atoms with Crippen molar-refractivity contribution >= 4 is 5.78 Å². The molecule has 0 amide bonds. The molecule has 0 heterocycles. The molecule has 26 heavy (non-hydrogen) atoms. The van der Waals surface area contributed by atoms with Crippen LogP contribution in [0.4, 0.5) is 0 Å². The third-order valence-electron chi connectivity index (χ3n) is 5.02. The third kappa shape index (κ3) is 3.15. The van der Waals surface area contributed by atoms with Crippen LogP contribution in [-0.4, -0.2) is 10.9 Å². The molecular weight excluding hydrogens is 320 g/mol. The number of aromatic hydroxyl groups is 1. The molecule has 0 fully saturated rings. The van der Waals surface area contributed by atoms with Crippen LogP contribution in [0.1, 0.15) is 53.7 Å². The van der Waals surface area contributed by atoms with Crippen molar-refractivity contribution in [1.82, 2.24) is 0 Å². The van der Waals surface area contributed by atoms with E-state index in [9.17, 15) is 9.90 Å². The lowest BCUT2D eigenvalue weighted by Gasteiger charge is -2.37. The van der Waals surface area contributed by atoms with E-state index in [1.165, 1.54) is 0 Å². The predicted molar refractivity (Wildman–Crippen MR) is 106 cm³/mol. The molecular formula is C24H24O2. The van der Waals surface area contributed by atoms with Gasteiger partial charge in [-0.2, -0.15) is 0 Å². The van der Waals surface area contributed by atoms with E-state index < -0.39 is 5.41 Å². The van der Waals surface area contributed by atoms with Crippen LogP contribution in [0.3, 0.4) is 0 Å². The monoisotopic (exact) mass is 344 g/mol. The number of phenolic OH excluding ortho intramolecular Hbond substituents is 1. The lowest BCUT2D eigenvalue weighted by Crippen LogP contribution is -2.31. The number of carbonyl (C=O) groups excluding carboxylic acids is 1. The second kappa shape index (κ2) is 7.57. The van der Waals surface area contributed by atoms with Crippen molar-refractivity contribution in [3.63, 3.8) is 0 Å². The van der Waals surface area contributed by atoms with Gasteiger partial charge in [0, 0.05) is 11.0 Å². The number of carbonyl (C=O) groups is 1. The van der Waals surface area contributed by atoms with E-state index in [0.717, 1.165) is 35.1 Å². The molecule has 0 aromatic heterocycles. The van der Waals surface area contributed by atoms with Gasteiger partial charge in [0.25, 0.3) is 0 Å². The van der Waals surface area contributed by atoms with Gasteiger partial charge in [-0.3, -0.25) is 4.79 Å². The summed E-state index contributed by atoms with van der Waals surface area (Å²) in [6, 6.07) is 25.6. The maximum atomic E-state index is 12.4. The van der Waals surface area contributed by atoms with Crippen LogP contribution in [0.25, 0.3) is 0 Å². The first-order valence-corrected chi connectivity index (χ1v) is 9.05. The largest absolute Gasteiger partial charge is 0.508 e. The van der Waals surface area contributed by atoms with E-state index in [2.05, 4.69) is 25.1 Å². The van der Waals surface area contributed by atoms with Gasteiger partial charge in [-0.1, -0.05) is 80.1 Å². The number of phenols is 1. The normalized spacial score (nSPS) is 13.2. The number of ketones is 1. The standard InChI is InChI=1S/C24H24O2/c1-3-17-24(19-9-5-4-6-10-19,20-13-15-21(26)16-14-20)23-12-8-7-11-22(23)18(2)25/h4-16,26H,3,17H2,1-2H3. The average Bonchev–Trinajstić information content (AvgIpc) is 2.67. The van der Waals surface area contributed by atoms with E-state index in [1.807, 2.05) is 48.5 Å². The van der Waals surface area contributed by atoms with Gasteiger partial charge in [-0.25, -0.2) is 0 Å². The summed E-state index contributed by atoms with van der Waals surface area (Å²) in [7, 11) is 0. The lowest BCUT2D eigenvalue weighted by atomic mass is 9.65. The summed E-state index contributed by atoms with van der Waals surface area (Å²) in [6.07, 6.45) is 1.83. The minimum absolute atomic E-state index is 0.0655. The number of hydrogen-bond acceptors (Lipinski definition) is 2. The van der Waals surface area contributed by atoms with Crippen molar-refractivity contribution in [2.45, 2.75) is 32.1 Å². The molecule has 0 aliphatic heterocycles. The zero-order chi connectivity index (χ0) is 18.6. The van der Waals surface area contributed by atoms with Crippen LogP contribution < -0.4 is 0 Å². The quantitative estimate of drug-likeness (QED) is 0.458. The highest BCUT2D eigenvalue weighted by Gasteiger charge is 2.37. The van der Waals surface area contributed by atoms with E-state index in [0.29, 0.717) is 0 Å². The first-order chi connectivity index (χ1) is 12.6. The molecule has 1 atom stereocenters. The molecule has 0 spiro atoms. The maximum Gasteiger partial charge on any atom is 0.160 e. The minimum Gasteiger partial charge on any atom is -0.508 e. The van der Waals surface area contributed by atoms with Crippen molar-refractivity contribution < 1.29 is 9.90 Å². The Labute approximate surface area is 155 Å². The number of rotatable bonds is 6. The fraction of sp³-hybridized carbons (Fsp3) is 0.208. The van der Waals surface area contributed by atoms with Gasteiger partial charge in [0.15, 0.2) is 5.78 Å². The summed E-state index contributed by atoms with van der Waals surface area (Å²) in [4.78, 5) is 12.4. The molecule has 0 radical (unpaired) electrons. The number of Topliss-reactive ketones (excluding diaryl/α,β-unsaturated/α-hetero) is 1. The maximum absolute atomic E-state index is 12.4. The molecule has 3 rings (SSSR count). The molecule has 1 N–H and O–H groups in total. The van der Waals surface area contributed by atoms with Gasteiger partial charge in [-0.15, -0.1) is 0 Å². The van der Waals surface area contributed by atoms with Crippen molar-refractivity contribution in [1.29, 1.82) is 0 Å². The first kappa shape index (κ1) is 17.9. The van der Waals surface area contributed by atoms with Crippen molar-refractivity contribution in [2.75, 3.05) is 0 Å². The van der Waals surface area contributed by atoms with Crippen LogP contribution in [0, 0.1) is 0 Å². The Kier molecular flexibility index (Phi) is 5.22. The molecule has 132 valence electrons. The zero-order valence-electron chi connectivity index (χ0n) is 15.3. The number of benzene rings is 3. The van der Waals surface area contributed by atoms with Gasteiger partial charge >= 0.3 is 0 Å². The molecule has 3 aromatic carbocycles. The summed E-state index contributed by atoms with van der Waals surface area (Å²) in [6.45, 7) is 3.78. The van der Waals surface area contributed by atoms with E-state index in [4.69, 9.17) is 0 Å². The van der Waals surface area contributed by atoms with E-state index in [-0.39, 0.29) is 11.5 Å². The molecule has 0 aliphatic rings. The van der Waals surface area contributed by atoms with Gasteiger partial charge in [-0.05, 0) is 42.2 Å². The fourth-order valence-corrected chi connectivity index (χ4v) is 3.91. The van der Waals surface area contributed by atoms with Crippen LogP contribution >= 0.6 is 0 Å². The highest BCUT2D eigenvalue weighted by atomic mass is 16.3. The Morgan fingerprint density at radius 1 is 0.846 bits per heavy atom. The molecule has 2 nitrogen and oxygen atoms in total. The highest BCUT2D eigenvalue weighted by molar-refractivity contribution is 5.96. The van der Waals surface area contributed by atoms with Crippen molar-refractivity contribution in [2.24, 2.45) is 0 Å². The summed E-state index contributed by atoms with van der Waals surface area (Å²) in [5, 5.41) is 9.78. The first-order valence-electron chi connectivity index (χ1n) is 9.05. The second-order valence-corrected chi connectivity index (χ2v) is 6.67. The van der Waals surface area contributed by atoms with Crippen LogP contribution in [0.5, 0.6) is 5.75 Å². The zero-order valence-corrected chi connectivity index (χ0v) is 15.3. The topological polar surface area (TPSA) is 37.3 Å². The molecule has 2 heteroatoms. The SMILES string of the molecule is CCCC(c1ccccc1)(c1ccc(O)cc1)c1ccccc1C(C)=O. The van der Waals surface area contributed by atoms with Gasteiger partial charge in [0.1, 0.15) is 5.75 Å². The van der Waals surface area contributed by atoms with Crippen LogP contribution in [-0.2, 0) is 5.41 Å². The molecule has 1 unspecified atom stereocenters. The highest BCUT2D eigenvalue weighted by Crippen LogP contribution is 2.44. The van der Waals surface area contributed by atoms with Crippen molar-refractivity contribution in [3.8, 4) is 5.75 Å². The Bertz CT molecular complexity index is 882. The summed E-state index contributed by atoms with van der Waals surface area (Å²) in [5.41, 5.74) is 3.56. The molecule has 0 saturated heterocycles. The summed E-state index contributed by atoms with van der Waals surface area (Å²) < 4.78 is 0. The fourth-order valence-electron chi connectivity index (χ4n) is 3.91. The summed E-state index contributed by atoms with van der Waals surface area (Å²) in [5.74, 6) is 0.308.